The summed E-state index contributed by atoms with van der Waals surface area (Å²) in [6.45, 7) is 4.70. The van der Waals surface area contributed by atoms with Gasteiger partial charge in [0.15, 0.2) is 0 Å². The Morgan fingerprint density at radius 1 is 0.391 bits per heavy atom. The van der Waals surface area contributed by atoms with Gasteiger partial charge in [0.2, 0.25) is 0 Å². The van der Waals surface area contributed by atoms with Crippen molar-refractivity contribution in [3.63, 3.8) is 0 Å². The van der Waals surface area contributed by atoms with Crippen molar-refractivity contribution in [1.29, 1.82) is 0 Å². The molecule has 1 heteroatoms. The van der Waals surface area contributed by atoms with E-state index in [9.17, 15) is 0 Å². The summed E-state index contributed by atoms with van der Waals surface area (Å²) in [5.74, 6) is 0. The monoisotopic (exact) mass is 587 g/mol. The number of hydrogen-bond acceptors (Lipinski definition) is 1. The van der Waals surface area contributed by atoms with Gasteiger partial charge in [-0.2, -0.15) is 0 Å². The molecule has 0 fully saturated rings. The summed E-state index contributed by atoms with van der Waals surface area (Å²) >= 11 is 0. The van der Waals surface area contributed by atoms with Crippen LogP contribution >= 0.6 is 0 Å². The van der Waals surface area contributed by atoms with E-state index in [0.717, 1.165) is 11.4 Å². The molecule has 0 radical (unpaired) electrons. The highest BCUT2D eigenvalue weighted by atomic mass is 15.1. The highest BCUT2D eigenvalue weighted by Gasteiger charge is 2.35. The van der Waals surface area contributed by atoms with E-state index >= 15 is 0 Å². The summed E-state index contributed by atoms with van der Waals surface area (Å²) in [5, 5.41) is 7.43. The zero-order valence-corrected chi connectivity index (χ0v) is 26.0. The molecule has 0 spiro atoms. The number of nitrogens with zero attached hydrogens (tertiary/aromatic N) is 1. The van der Waals surface area contributed by atoms with Gasteiger partial charge in [-0.1, -0.05) is 153 Å². The van der Waals surface area contributed by atoms with Crippen LogP contribution in [0.1, 0.15) is 25.0 Å². The standard InChI is InChI=1S/C45H33N/c1-45(2)40-23-10-9-21-37(40)39-29-33(26-27-41(39)45)46(42-24-12-17-31-14-4-7-19-35(31)42)43-28-25-32-15-5-8-20-36(32)44(43)38-22-11-16-30-13-3-6-18-34(30)38/h3-29H,1-2H3. The Labute approximate surface area is 270 Å². The van der Waals surface area contributed by atoms with Gasteiger partial charge >= 0.3 is 0 Å². The van der Waals surface area contributed by atoms with E-state index in [1.807, 2.05) is 0 Å². The Morgan fingerprint density at radius 2 is 0.957 bits per heavy atom. The number of hydrogen-bond donors (Lipinski definition) is 0. The van der Waals surface area contributed by atoms with Crippen LogP contribution < -0.4 is 4.90 Å². The minimum absolute atomic E-state index is 0.0498. The zero-order chi connectivity index (χ0) is 30.8. The van der Waals surface area contributed by atoms with Gasteiger partial charge in [-0.15, -0.1) is 0 Å². The molecule has 218 valence electrons. The fourth-order valence-corrected chi connectivity index (χ4v) is 7.83. The summed E-state index contributed by atoms with van der Waals surface area (Å²) < 4.78 is 0. The van der Waals surface area contributed by atoms with Crippen molar-refractivity contribution in [1.82, 2.24) is 0 Å². The molecule has 1 aliphatic rings. The topological polar surface area (TPSA) is 3.24 Å². The lowest BCUT2D eigenvalue weighted by atomic mass is 9.82. The van der Waals surface area contributed by atoms with Crippen LogP contribution in [0.3, 0.4) is 0 Å². The molecule has 0 saturated carbocycles. The number of anilines is 3. The predicted molar refractivity (Wildman–Crippen MR) is 197 cm³/mol. The third kappa shape index (κ3) is 3.95. The van der Waals surface area contributed by atoms with Gasteiger partial charge in [-0.3, -0.25) is 0 Å². The van der Waals surface area contributed by atoms with E-state index in [1.165, 1.54) is 71.4 Å². The predicted octanol–water partition coefficient (Wildman–Crippen LogP) is 12.6. The summed E-state index contributed by atoms with van der Waals surface area (Å²) in [6.07, 6.45) is 0. The van der Waals surface area contributed by atoms with Crippen molar-refractivity contribution < 1.29 is 0 Å². The molecule has 0 N–H and O–H groups in total. The van der Waals surface area contributed by atoms with Crippen molar-refractivity contribution in [2.24, 2.45) is 0 Å². The van der Waals surface area contributed by atoms with Crippen LogP contribution in [0.2, 0.25) is 0 Å². The fraction of sp³-hybridized carbons (Fsp3) is 0.0667. The Kier molecular flexibility index (Phi) is 5.92. The van der Waals surface area contributed by atoms with E-state index in [0.29, 0.717) is 0 Å². The molecule has 0 amide bonds. The molecule has 0 aliphatic heterocycles. The molecule has 8 aromatic rings. The summed E-state index contributed by atoms with van der Waals surface area (Å²) in [4.78, 5) is 2.50. The van der Waals surface area contributed by atoms with Crippen LogP contribution in [-0.4, -0.2) is 0 Å². The minimum atomic E-state index is -0.0498. The second kappa shape index (κ2) is 10.2. The lowest BCUT2D eigenvalue weighted by molar-refractivity contribution is 0.660. The quantitative estimate of drug-likeness (QED) is 0.198. The van der Waals surface area contributed by atoms with E-state index < -0.39 is 0 Å². The molecule has 0 aromatic heterocycles. The third-order valence-corrected chi connectivity index (χ3v) is 10.0. The fourth-order valence-electron chi connectivity index (χ4n) is 7.83. The van der Waals surface area contributed by atoms with Crippen LogP contribution in [0.5, 0.6) is 0 Å². The van der Waals surface area contributed by atoms with Crippen LogP contribution in [0.4, 0.5) is 17.1 Å². The number of rotatable bonds is 4. The molecule has 0 saturated heterocycles. The number of benzene rings is 8. The summed E-state index contributed by atoms with van der Waals surface area (Å²) in [6, 6.07) is 60.3. The van der Waals surface area contributed by atoms with Gasteiger partial charge in [0.1, 0.15) is 0 Å². The van der Waals surface area contributed by atoms with Crippen molar-refractivity contribution in [2.45, 2.75) is 19.3 Å². The van der Waals surface area contributed by atoms with Crippen molar-refractivity contribution in [3.05, 3.63) is 175 Å². The van der Waals surface area contributed by atoms with Crippen molar-refractivity contribution in [2.75, 3.05) is 4.90 Å². The molecule has 9 rings (SSSR count). The minimum Gasteiger partial charge on any atom is -0.309 e. The molecule has 0 atom stereocenters. The maximum atomic E-state index is 2.50. The maximum Gasteiger partial charge on any atom is 0.0546 e. The van der Waals surface area contributed by atoms with Gasteiger partial charge < -0.3 is 4.90 Å². The van der Waals surface area contributed by atoms with E-state index in [4.69, 9.17) is 0 Å². The van der Waals surface area contributed by atoms with Crippen LogP contribution in [0.25, 0.3) is 54.6 Å². The van der Waals surface area contributed by atoms with Gasteiger partial charge in [-0.05, 0) is 79.0 Å². The lowest BCUT2D eigenvalue weighted by Crippen LogP contribution is -2.15. The molecular weight excluding hydrogens is 555 g/mol. The molecule has 1 nitrogen and oxygen atoms in total. The first-order chi connectivity index (χ1) is 22.6. The van der Waals surface area contributed by atoms with E-state index in [1.54, 1.807) is 0 Å². The Morgan fingerprint density at radius 3 is 1.76 bits per heavy atom. The van der Waals surface area contributed by atoms with Crippen LogP contribution in [0.15, 0.2) is 164 Å². The van der Waals surface area contributed by atoms with Gasteiger partial charge in [0.05, 0.1) is 11.4 Å². The molecular formula is C45H33N. The second-order valence-electron chi connectivity index (χ2n) is 12.9. The highest BCUT2D eigenvalue weighted by molar-refractivity contribution is 6.12. The molecule has 46 heavy (non-hydrogen) atoms. The van der Waals surface area contributed by atoms with Crippen LogP contribution in [-0.2, 0) is 5.41 Å². The molecule has 0 unspecified atom stereocenters. The smallest absolute Gasteiger partial charge is 0.0546 e. The average Bonchev–Trinajstić information content (AvgIpc) is 3.34. The van der Waals surface area contributed by atoms with Crippen molar-refractivity contribution >= 4 is 49.4 Å². The highest BCUT2D eigenvalue weighted by Crippen LogP contribution is 2.52. The van der Waals surface area contributed by atoms with Crippen molar-refractivity contribution in [3.8, 4) is 22.3 Å². The summed E-state index contributed by atoms with van der Waals surface area (Å²) in [5.41, 5.74) is 11.3. The normalized spacial score (nSPS) is 13.2. The third-order valence-electron chi connectivity index (χ3n) is 10.0. The van der Waals surface area contributed by atoms with Crippen LogP contribution in [0, 0.1) is 0 Å². The van der Waals surface area contributed by atoms with E-state index in [2.05, 4.69) is 183 Å². The Hall–Kier alpha value is -5.66. The second-order valence-corrected chi connectivity index (χ2v) is 12.9. The lowest BCUT2D eigenvalue weighted by Gasteiger charge is -2.31. The van der Waals surface area contributed by atoms with Gasteiger partial charge in [-0.25, -0.2) is 0 Å². The van der Waals surface area contributed by atoms with Gasteiger partial charge in [0.25, 0.3) is 0 Å². The molecule has 0 heterocycles. The average molecular weight is 588 g/mol. The molecule has 1 aliphatic carbocycles. The summed E-state index contributed by atoms with van der Waals surface area (Å²) in [7, 11) is 0. The molecule has 0 bridgehead atoms. The first-order valence-corrected chi connectivity index (χ1v) is 16.1. The Bertz CT molecular complexity index is 2460. The maximum absolute atomic E-state index is 2.50. The SMILES string of the molecule is CC1(C)c2ccccc2-c2cc(N(c3ccc4ccccc4c3-c3cccc4ccccc34)c3cccc4ccccc34)ccc21. The van der Waals surface area contributed by atoms with Gasteiger partial charge in [0, 0.05) is 22.1 Å². The number of fused-ring (bicyclic) bond motifs is 6. The largest absolute Gasteiger partial charge is 0.309 e. The van der Waals surface area contributed by atoms with E-state index in [-0.39, 0.29) is 5.41 Å². The first-order valence-electron chi connectivity index (χ1n) is 16.1. The Balaban J connectivity index is 1.40. The molecule has 8 aromatic carbocycles. The zero-order valence-electron chi connectivity index (χ0n) is 26.0. The first kappa shape index (κ1) is 26.7.